The summed E-state index contributed by atoms with van der Waals surface area (Å²) < 4.78 is 0. The lowest BCUT2D eigenvalue weighted by atomic mass is 9.92. The van der Waals surface area contributed by atoms with E-state index >= 15 is 0 Å². The molecule has 0 rings (SSSR count). The Morgan fingerprint density at radius 2 is 1.74 bits per heavy atom. The predicted molar refractivity (Wildman–Crippen MR) is 68.9 cm³/mol. The SMILES string of the molecule is CC(C)(C)CCNC(=O)N[C@@H](CCC(=O)O)C(=O)O. The van der Waals surface area contributed by atoms with Gasteiger partial charge in [-0.05, 0) is 18.3 Å². The summed E-state index contributed by atoms with van der Waals surface area (Å²) in [5.41, 5.74) is 0.0722. The molecule has 0 aliphatic heterocycles. The normalized spacial score (nSPS) is 12.6. The van der Waals surface area contributed by atoms with Gasteiger partial charge in [0.15, 0.2) is 0 Å². The maximum absolute atomic E-state index is 11.5. The summed E-state index contributed by atoms with van der Waals surface area (Å²) in [6, 6.07) is -1.78. The van der Waals surface area contributed by atoms with E-state index in [9.17, 15) is 14.4 Å². The van der Waals surface area contributed by atoms with Crippen LogP contribution < -0.4 is 10.6 Å². The van der Waals surface area contributed by atoms with E-state index in [1.165, 1.54) is 0 Å². The van der Waals surface area contributed by atoms with E-state index in [1.54, 1.807) is 0 Å². The largest absolute Gasteiger partial charge is 0.481 e. The van der Waals surface area contributed by atoms with Crippen LogP contribution in [0.15, 0.2) is 0 Å². The summed E-state index contributed by atoms with van der Waals surface area (Å²) in [6.07, 6.45) is 0.309. The second kappa shape index (κ2) is 7.60. The van der Waals surface area contributed by atoms with Crippen LogP contribution in [0.4, 0.5) is 4.79 Å². The molecule has 0 saturated heterocycles. The van der Waals surface area contributed by atoms with Crippen molar-refractivity contribution in [2.75, 3.05) is 6.54 Å². The molecule has 0 radical (unpaired) electrons. The Hall–Kier alpha value is -1.79. The number of hydrogen-bond acceptors (Lipinski definition) is 3. The van der Waals surface area contributed by atoms with Gasteiger partial charge in [0.05, 0.1) is 0 Å². The van der Waals surface area contributed by atoms with Gasteiger partial charge in [-0.3, -0.25) is 4.79 Å². The lowest BCUT2D eigenvalue weighted by molar-refractivity contribution is -0.140. The predicted octanol–water partition coefficient (Wildman–Crippen LogP) is 1.04. The molecule has 0 aromatic heterocycles. The van der Waals surface area contributed by atoms with Gasteiger partial charge < -0.3 is 20.8 Å². The average Bonchev–Trinajstić information content (AvgIpc) is 2.21. The first-order chi connectivity index (χ1) is 8.61. The van der Waals surface area contributed by atoms with E-state index in [-0.39, 0.29) is 18.3 Å². The quantitative estimate of drug-likeness (QED) is 0.553. The molecule has 4 N–H and O–H groups in total. The van der Waals surface area contributed by atoms with Crippen LogP contribution >= 0.6 is 0 Å². The number of hydrogen-bond donors (Lipinski definition) is 4. The Kier molecular flexibility index (Phi) is 6.89. The third-order valence-electron chi connectivity index (χ3n) is 2.41. The zero-order valence-corrected chi connectivity index (χ0v) is 11.5. The van der Waals surface area contributed by atoms with Gasteiger partial charge in [-0.15, -0.1) is 0 Å². The van der Waals surface area contributed by atoms with Gasteiger partial charge in [0.25, 0.3) is 0 Å². The molecular formula is C12H22N2O5. The standard InChI is InChI=1S/C12H22N2O5/c1-12(2,3)6-7-13-11(19)14-8(10(17)18)4-5-9(15)16/h8H,4-7H2,1-3H3,(H,15,16)(H,17,18)(H2,13,14,19)/t8-/m0/s1. The summed E-state index contributed by atoms with van der Waals surface area (Å²) in [7, 11) is 0. The van der Waals surface area contributed by atoms with Crippen molar-refractivity contribution in [1.82, 2.24) is 10.6 Å². The van der Waals surface area contributed by atoms with Crippen LogP contribution in [-0.4, -0.2) is 40.8 Å². The first kappa shape index (κ1) is 17.2. The molecule has 0 aromatic rings. The number of aliphatic carboxylic acids is 2. The Morgan fingerprint density at radius 1 is 1.16 bits per heavy atom. The van der Waals surface area contributed by atoms with Crippen molar-refractivity contribution >= 4 is 18.0 Å². The van der Waals surface area contributed by atoms with Crippen LogP contribution in [0.25, 0.3) is 0 Å². The molecule has 0 unspecified atom stereocenters. The van der Waals surface area contributed by atoms with E-state index < -0.39 is 24.0 Å². The Balaban J connectivity index is 4.10. The summed E-state index contributed by atoms with van der Waals surface area (Å²) in [4.78, 5) is 32.7. The highest BCUT2D eigenvalue weighted by molar-refractivity contribution is 5.82. The summed E-state index contributed by atoms with van der Waals surface area (Å²) in [5.74, 6) is -2.34. The maximum atomic E-state index is 11.5. The summed E-state index contributed by atoms with van der Waals surface area (Å²) in [5, 5.41) is 22.1. The minimum Gasteiger partial charge on any atom is -0.481 e. The molecule has 0 aliphatic carbocycles. The molecule has 0 bridgehead atoms. The highest BCUT2D eigenvalue weighted by atomic mass is 16.4. The van der Waals surface area contributed by atoms with E-state index in [1.807, 2.05) is 20.8 Å². The number of carboxylic acid groups (broad SMARTS) is 2. The van der Waals surface area contributed by atoms with Crippen LogP contribution in [0, 0.1) is 5.41 Å². The van der Waals surface area contributed by atoms with Crippen LogP contribution in [0.2, 0.25) is 0 Å². The first-order valence-electron chi connectivity index (χ1n) is 6.11. The second-order valence-corrected chi connectivity index (χ2v) is 5.53. The number of carbonyl (C=O) groups excluding carboxylic acids is 1. The van der Waals surface area contributed by atoms with Crippen molar-refractivity contribution in [2.45, 2.75) is 46.1 Å². The average molecular weight is 274 g/mol. The van der Waals surface area contributed by atoms with Gasteiger partial charge in [0.2, 0.25) is 0 Å². The van der Waals surface area contributed by atoms with Crippen molar-refractivity contribution in [3.63, 3.8) is 0 Å². The molecule has 110 valence electrons. The fraction of sp³-hybridized carbons (Fsp3) is 0.750. The Bertz CT molecular complexity index is 336. The van der Waals surface area contributed by atoms with Crippen LogP contribution in [-0.2, 0) is 9.59 Å². The molecule has 0 aromatic carbocycles. The van der Waals surface area contributed by atoms with Crippen molar-refractivity contribution in [1.29, 1.82) is 0 Å². The number of carboxylic acids is 2. The van der Waals surface area contributed by atoms with E-state index in [0.29, 0.717) is 6.54 Å². The fourth-order valence-electron chi connectivity index (χ4n) is 1.29. The second-order valence-electron chi connectivity index (χ2n) is 5.53. The number of carbonyl (C=O) groups is 3. The molecule has 2 amide bonds. The number of rotatable bonds is 7. The van der Waals surface area contributed by atoms with Crippen LogP contribution in [0.3, 0.4) is 0 Å². The van der Waals surface area contributed by atoms with Crippen molar-refractivity contribution in [3.05, 3.63) is 0 Å². The number of urea groups is 1. The topological polar surface area (TPSA) is 116 Å². The fourth-order valence-corrected chi connectivity index (χ4v) is 1.29. The van der Waals surface area contributed by atoms with Gasteiger partial charge in [-0.25, -0.2) is 9.59 Å². The zero-order chi connectivity index (χ0) is 15.1. The summed E-state index contributed by atoms with van der Waals surface area (Å²) in [6.45, 7) is 6.51. The molecule has 7 heteroatoms. The van der Waals surface area contributed by atoms with Crippen LogP contribution in [0.5, 0.6) is 0 Å². The van der Waals surface area contributed by atoms with Crippen LogP contribution in [0.1, 0.15) is 40.0 Å². The number of amides is 2. The lowest BCUT2D eigenvalue weighted by Crippen LogP contribution is -2.46. The first-order valence-corrected chi connectivity index (χ1v) is 6.11. The molecule has 0 heterocycles. The smallest absolute Gasteiger partial charge is 0.326 e. The minimum absolute atomic E-state index is 0.0722. The summed E-state index contributed by atoms with van der Waals surface area (Å²) >= 11 is 0. The lowest BCUT2D eigenvalue weighted by Gasteiger charge is -2.19. The molecule has 0 saturated carbocycles. The van der Waals surface area contributed by atoms with Gasteiger partial charge in [0, 0.05) is 13.0 Å². The van der Waals surface area contributed by atoms with E-state index in [2.05, 4.69) is 10.6 Å². The molecular weight excluding hydrogens is 252 g/mol. The molecule has 1 atom stereocenters. The van der Waals surface area contributed by atoms with Gasteiger partial charge in [-0.1, -0.05) is 20.8 Å². The van der Waals surface area contributed by atoms with Gasteiger partial charge in [-0.2, -0.15) is 0 Å². The molecule has 0 aliphatic rings. The van der Waals surface area contributed by atoms with Gasteiger partial charge >= 0.3 is 18.0 Å². The Morgan fingerprint density at radius 3 is 2.16 bits per heavy atom. The van der Waals surface area contributed by atoms with Crippen molar-refractivity contribution in [2.24, 2.45) is 5.41 Å². The highest BCUT2D eigenvalue weighted by Gasteiger charge is 2.21. The third-order valence-corrected chi connectivity index (χ3v) is 2.41. The monoisotopic (exact) mass is 274 g/mol. The number of nitrogens with one attached hydrogen (secondary N) is 2. The molecule has 7 nitrogen and oxygen atoms in total. The molecule has 0 spiro atoms. The molecule has 0 fully saturated rings. The van der Waals surface area contributed by atoms with Crippen molar-refractivity contribution < 1.29 is 24.6 Å². The zero-order valence-electron chi connectivity index (χ0n) is 11.5. The minimum atomic E-state index is -1.24. The van der Waals surface area contributed by atoms with Gasteiger partial charge in [0.1, 0.15) is 6.04 Å². The van der Waals surface area contributed by atoms with Crippen molar-refractivity contribution in [3.8, 4) is 0 Å². The van der Waals surface area contributed by atoms with E-state index in [0.717, 1.165) is 6.42 Å². The van der Waals surface area contributed by atoms with E-state index in [4.69, 9.17) is 10.2 Å². The highest BCUT2D eigenvalue weighted by Crippen LogP contribution is 2.16. The molecule has 19 heavy (non-hydrogen) atoms. The maximum Gasteiger partial charge on any atom is 0.326 e. The third kappa shape index (κ3) is 9.87. The Labute approximate surface area is 112 Å².